The molecule has 2 nitrogen and oxygen atoms in total. The summed E-state index contributed by atoms with van der Waals surface area (Å²) in [6.45, 7) is 0. The van der Waals surface area contributed by atoms with Gasteiger partial charge in [-0.05, 0) is 40.3 Å². The summed E-state index contributed by atoms with van der Waals surface area (Å²) in [7, 11) is 0. The van der Waals surface area contributed by atoms with Crippen molar-refractivity contribution < 1.29 is 13.6 Å². The minimum atomic E-state index is -2.80. The topological polar surface area (TPSA) is 30.0 Å². The van der Waals surface area contributed by atoms with Gasteiger partial charge in [-0.3, -0.25) is 4.79 Å². The van der Waals surface area contributed by atoms with Crippen molar-refractivity contribution in [2.75, 3.05) is 0 Å². The van der Waals surface area contributed by atoms with Crippen LogP contribution in [0.1, 0.15) is 22.3 Å². The molecule has 0 aliphatic heterocycles. The standard InChI is InChI=1S/C7H2Cl2F2INO/c8-5-4(6(9)14)2(7(10)11)1-3(12)13-5/h1,7H. The molecule has 0 spiro atoms. The molecule has 1 heterocycles. The van der Waals surface area contributed by atoms with E-state index in [1.165, 1.54) is 0 Å². The van der Waals surface area contributed by atoms with E-state index in [0.717, 1.165) is 6.07 Å². The maximum Gasteiger partial charge on any atom is 0.264 e. The minimum absolute atomic E-state index is 0.282. The van der Waals surface area contributed by atoms with Gasteiger partial charge in [-0.2, -0.15) is 0 Å². The molecule has 7 heteroatoms. The molecule has 0 saturated heterocycles. The summed E-state index contributed by atoms with van der Waals surface area (Å²) >= 11 is 12.4. The first-order valence-electron chi connectivity index (χ1n) is 3.27. The van der Waals surface area contributed by atoms with Crippen molar-refractivity contribution in [3.63, 3.8) is 0 Å². The summed E-state index contributed by atoms with van der Waals surface area (Å²) in [6, 6.07) is 1.08. The second kappa shape index (κ2) is 4.67. The first-order chi connectivity index (χ1) is 6.43. The van der Waals surface area contributed by atoms with Crippen LogP contribution in [0.25, 0.3) is 0 Å². The number of rotatable bonds is 2. The van der Waals surface area contributed by atoms with Gasteiger partial charge in [-0.15, -0.1) is 0 Å². The van der Waals surface area contributed by atoms with Gasteiger partial charge >= 0.3 is 0 Å². The van der Waals surface area contributed by atoms with Crippen molar-refractivity contribution >= 4 is 51.0 Å². The fraction of sp³-hybridized carbons (Fsp3) is 0.143. The monoisotopic (exact) mass is 351 g/mol. The minimum Gasteiger partial charge on any atom is -0.275 e. The maximum atomic E-state index is 12.4. The number of carbonyl (C=O) groups is 1. The number of alkyl halides is 2. The van der Waals surface area contributed by atoms with Crippen molar-refractivity contribution in [1.29, 1.82) is 0 Å². The van der Waals surface area contributed by atoms with Crippen LogP contribution in [0.15, 0.2) is 6.07 Å². The largest absolute Gasteiger partial charge is 0.275 e. The van der Waals surface area contributed by atoms with Gasteiger partial charge in [0, 0.05) is 5.56 Å². The normalized spacial score (nSPS) is 10.7. The van der Waals surface area contributed by atoms with Gasteiger partial charge < -0.3 is 0 Å². The Balaban J connectivity index is 3.44. The summed E-state index contributed by atoms with van der Waals surface area (Å²) in [5.41, 5.74) is -0.918. The van der Waals surface area contributed by atoms with Crippen LogP contribution in [0.4, 0.5) is 8.78 Å². The number of pyridine rings is 1. The van der Waals surface area contributed by atoms with Crippen LogP contribution < -0.4 is 0 Å². The van der Waals surface area contributed by atoms with Crippen molar-refractivity contribution in [1.82, 2.24) is 4.98 Å². The van der Waals surface area contributed by atoms with Crippen molar-refractivity contribution in [2.24, 2.45) is 0 Å². The molecule has 0 aliphatic rings. The molecule has 0 unspecified atom stereocenters. The average Bonchev–Trinajstić information content (AvgIpc) is 2.01. The third-order valence-electron chi connectivity index (χ3n) is 1.41. The predicted octanol–water partition coefficient (Wildman–Crippen LogP) is 3.66. The lowest BCUT2D eigenvalue weighted by atomic mass is 10.1. The number of hydrogen-bond acceptors (Lipinski definition) is 2. The summed E-state index contributed by atoms with van der Waals surface area (Å²) in [6.07, 6.45) is -2.80. The van der Waals surface area contributed by atoms with E-state index in [0.29, 0.717) is 0 Å². The molecule has 1 rings (SSSR count). The van der Waals surface area contributed by atoms with E-state index in [9.17, 15) is 13.6 Å². The fourth-order valence-corrected chi connectivity index (χ4v) is 2.12. The lowest BCUT2D eigenvalue weighted by Crippen LogP contribution is -2.02. The molecule has 76 valence electrons. The highest BCUT2D eigenvalue weighted by molar-refractivity contribution is 14.1. The van der Waals surface area contributed by atoms with E-state index in [-0.39, 0.29) is 8.85 Å². The quantitative estimate of drug-likeness (QED) is 0.462. The first-order valence-corrected chi connectivity index (χ1v) is 5.11. The van der Waals surface area contributed by atoms with Crippen LogP contribution in [-0.2, 0) is 0 Å². The molecular weight excluding hydrogens is 350 g/mol. The van der Waals surface area contributed by atoms with Crippen molar-refractivity contribution in [3.8, 4) is 0 Å². The van der Waals surface area contributed by atoms with Gasteiger partial charge in [0.05, 0.1) is 5.56 Å². The number of aromatic nitrogens is 1. The molecule has 0 atom stereocenters. The van der Waals surface area contributed by atoms with Gasteiger partial charge in [0.2, 0.25) is 0 Å². The van der Waals surface area contributed by atoms with Crippen LogP contribution in [0.3, 0.4) is 0 Å². The third-order valence-corrected chi connectivity index (χ3v) is 2.42. The fourth-order valence-electron chi connectivity index (χ4n) is 0.868. The van der Waals surface area contributed by atoms with Gasteiger partial charge in [0.25, 0.3) is 11.7 Å². The molecule has 0 aliphatic carbocycles. The Labute approximate surface area is 102 Å². The van der Waals surface area contributed by atoms with Crippen LogP contribution in [0.5, 0.6) is 0 Å². The number of nitrogens with zero attached hydrogens (tertiary/aromatic N) is 1. The Morgan fingerprint density at radius 2 is 2.14 bits per heavy atom. The molecule has 0 aromatic carbocycles. The SMILES string of the molecule is O=C(Cl)c1c(C(F)F)cc(I)nc1Cl. The summed E-state index contributed by atoms with van der Waals surface area (Å²) in [4.78, 5) is 14.5. The Morgan fingerprint density at radius 3 is 2.57 bits per heavy atom. The van der Waals surface area contributed by atoms with Crippen LogP contribution in [0.2, 0.25) is 5.15 Å². The molecule has 0 fully saturated rings. The zero-order valence-corrected chi connectivity index (χ0v) is 10.1. The van der Waals surface area contributed by atoms with E-state index in [2.05, 4.69) is 4.98 Å². The second-order valence-electron chi connectivity index (χ2n) is 2.27. The zero-order chi connectivity index (χ0) is 10.9. The summed E-state index contributed by atoms with van der Waals surface area (Å²) < 4.78 is 25.2. The average molecular weight is 352 g/mol. The number of hydrogen-bond donors (Lipinski definition) is 0. The highest BCUT2D eigenvalue weighted by Crippen LogP contribution is 2.29. The molecule has 0 saturated carbocycles. The number of halogens is 5. The van der Waals surface area contributed by atoms with Crippen LogP contribution >= 0.6 is 45.8 Å². The maximum absolute atomic E-state index is 12.4. The van der Waals surface area contributed by atoms with Gasteiger partial charge in [-0.1, -0.05) is 11.6 Å². The smallest absolute Gasteiger partial charge is 0.264 e. The van der Waals surface area contributed by atoms with E-state index in [1.807, 2.05) is 0 Å². The molecule has 1 aromatic rings. The Kier molecular flexibility index (Phi) is 4.03. The second-order valence-corrected chi connectivity index (χ2v) is 4.08. The Bertz CT molecular complexity index is 386. The van der Waals surface area contributed by atoms with Crippen LogP contribution in [-0.4, -0.2) is 10.2 Å². The summed E-state index contributed by atoms with van der Waals surface area (Å²) in [5, 5.41) is -1.33. The molecule has 0 bridgehead atoms. The highest BCUT2D eigenvalue weighted by atomic mass is 127. The number of carbonyl (C=O) groups excluding carboxylic acids is 1. The Morgan fingerprint density at radius 1 is 1.57 bits per heavy atom. The van der Waals surface area contributed by atoms with Gasteiger partial charge in [0.15, 0.2) is 0 Å². The van der Waals surface area contributed by atoms with Crippen molar-refractivity contribution in [3.05, 3.63) is 26.0 Å². The van der Waals surface area contributed by atoms with Gasteiger partial charge in [0.1, 0.15) is 8.85 Å². The molecular formula is C7H2Cl2F2INO. The lowest BCUT2D eigenvalue weighted by molar-refractivity contribution is 0.106. The van der Waals surface area contributed by atoms with E-state index in [1.54, 1.807) is 22.6 Å². The van der Waals surface area contributed by atoms with E-state index < -0.39 is 22.8 Å². The van der Waals surface area contributed by atoms with E-state index in [4.69, 9.17) is 23.2 Å². The molecule has 14 heavy (non-hydrogen) atoms. The first kappa shape index (κ1) is 12.1. The predicted molar refractivity (Wildman–Crippen MR) is 57.1 cm³/mol. The van der Waals surface area contributed by atoms with E-state index >= 15 is 0 Å². The summed E-state index contributed by atoms with van der Waals surface area (Å²) in [5.74, 6) is 0. The molecule has 0 N–H and O–H groups in total. The van der Waals surface area contributed by atoms with Crippen LogP contribution in [0, 0.1) is 3.70 Å². The molecule has 0 amide bonds. The zero-order valence-electron chi connectivity index (χ0n) is 6.40. The van der Waals surface area contributed by atoms with Crippen molar-refractivity contribution in [2.45, 2.75) is 6.43 Å². The molecule has 0 radical (unpaired) electrons. The molecule has 1 aromatic heterocycles. The lowest BCUT2D eigenvalue weighted by Gasteiger charge is -2.06. The van der Waals surface area contributed by atoms with Gasteiger partial charge in [-0.25, -0.2) is 13.8 Å². The Hall–Kier alpha value is -0.0100. The highest BCUT2D eigenvalue weighted by Gasteiger charge is 2.22. The third kappa shape index (κ3) is 2.52.